The van der Waals surface area contributed by atoms with Crippen LogP contribution < -0.4 is 0 Å². The van der Waals surface area contributed by atoms with Gasteiger partial charge in [-0.1, -0.05) is 30.3 Å². The topological polar surface area (TPSA) is 49.6 Å². The van der Waals surface area contributed by atoms with Gasteiger partial charge in [0.2, 0.25) is 0 Å². The van der Waals surface area contributed by atoms with Gasteiger partial charge in [0.25, 0.3) is 5.91 Å². The molecule has 134 valence electrons. The van der Waals surface area contributed by atoms with Crippen molar-refractivity contribution in [2.75, 3.05) is 26.2 Å². The Bertz CT molecular complexity index is 879. The third-order valence-corrected chi connectivity index (χ3v) is 5.37. The number of carbonyl (C=O) groups excluding carboxylic acids is 1. The lowest BCUT2D eigenvalue weighted by Gasteiger charge is -2.34. The van der Waals surface area contributed by atoms with Crippen molar-refractivity contribution in [1.29, 1.82) is 0 Å². The van der Waals surface area contributed by atoms with Crippen molar-refractivity contribution < 1.29 is 9.21 Å². The normalized spacial score (nSPS) is 15.3. The smallest absolute Gasteiger partial charge is 0.289 e. The van der Waals surface area contributed by atoms with E-state index in [4.69, 9.17) is 4.42 Å². The maximum atomic E-state index is 12.7. The molecule has 3 heterocycles. The Morgan fingerprint density at radius 2 is 1.88 bits per heavy atom. The van der Waals surface area contributed by atoms with Crippen LogP contribution in [0.2, 0.25) is 0 Å². The number of nitrogens with zero attached hydrogens (tertiary/aromatic N) is 3. The van der Waals surface area contributed by atoms with Crippen molar-refractivity contribution in [2.45, 2.75) is 13.5 Å². The van der Waals surface area contributed by atoms with Crippen LogP contribution in [-0.2, 0) is 6.54 Å². The van der Waals surface area contributed by atoms with Gasteiger partial charge in [0.15, 0.2) is 11.5 Å². The Labute approximate surface area is 156 Å². The van der Waals surface area contributed by atoms with E-state index in [0.717, 1.165) is 43.4 Å². The van der Waals surface area contributed by atoms with E-state index in [1.54, 1.807) is 17.4 Å². The summed E-state index contributed by atoms with van der Waals surface area (Å²) >= 11 is 1.57. The highest BCUT2D eigenvalue weighted by atomic mass is 32.1. The van der Waals surface area contributed by atoms with Crippen LogP contribution in [0, 0.1) is 6.92 Å². The molecule has 0 bridgehead atoms. The molecule has 0 unspecified atom stereocenters. The quantitative estimate of drug-likeness (QED) is 0.706. The fourth-order valence-electron chi connectivity index (χ4n) is 3.17. The van der Waals surface area contributed by atoms with E-state index in [1.807, 2.05) is 29.3 Å². The molecule has 1 aromatic carbocycles. The number of rotatable bonds is 4. The van der Waals surface area contributed by atoms with Crippen LogP contribution in [0.25, 0.3) is 11.5 Å². The fraction of sp³-hybridized carbons (Fsp3) is 0.300. The molecule has 5 nitrogen and oxygen atoms in total. The zero-order chi connectivity index (χ0) is 17.9. The average molecular weight is 367 g/mol. The van der Waals surface area contributed by atoms with E-state index in [-0.39, 0.29) is 5.91 Å². The third kappa shape index (κ3) is 3.71. The predicted molar refractivity (Wildman–Crippen MR) is 102 cm³/mol. The summed E-state index contributed by atoms with van der Waals surface area (Å²) in [5.41, 5.74) is 2.10. The molecule has 0 aliphatic carbocycles. The van der Waals surface area contributed by atoms with Crippen molar-refractivity contribution in [3.8, 4) is 11.5 Å². The summed E-state index contributed by atoms with van der Waals surface area (Å²) in [6, 6.07) is 14.0. The van der Waals surface area contributed by atoms with Crippen LogP contribution in [0.1, 0.15) is 21.1 Å². The van der Waals surface area contributed by atoms with E-state index in [1.165, 1.54) is 5.56 Å². The molecule has 1 saturated heterocycles. The number of benzene rings is 1. The lowest BCUT2D eigenvalue weighted by Crippen LogP contribution is -2.48. The van der Waals surface area contributed by atoms with Gasteiger partial charge in [-0.05, 0) is 24.6 Å². The molecule has 0 atom stereocenters. The minimum absolute atomic E-state index is 0.0393. The second kappa shape index (κ2) is 7.43. The maximum absolute atomic E-state index is 12.7. The highest BCUT2D eigenvalue weighted by Gasteiger charge is 2.24. The van der Waals surface area contributed by atoms with Crippen LogP contribution >= 0.6 is 11.3 Å². The van der Waals surface area contributed by atoms with Gasteiger partial charge in [0.1, 0.15) is 5.69 Å². The lowest BCUT2D eigenvalue weighted by molar-refractivity contribution is 0.0598. The molecule has 26 heavy (non-hydrogen) atoms. The summed E-state index contributed by atoms with van der Waals surface area (Å²) < 4.78 is 5.76. The highest BCUT2D eigenvalue weighted by Crippen LogP contribution is 2.24. The molecular formula is C20H21N3O2S. The number of thiazole rings is 1. The van der Waals surface area contributed by atoms with Crippen LogP contribution in [0.3, 0.4) is 0 Å². The summed E-state index contributed by atoms with van der Waals surface area (Å²) in [6.07, 6.45) is 0. The Kier molecular flexibility index (Phi) is 4.86. The molecular weight excluding hydrogens is 346 g/mol. The number of hydrogen-bond acceptors (Lipinski definition) is 5. The summed E-state index contributed by atoms with van der Waals surface area (Å²) in [5, 5.41) is 2.93. The number of carbonyl (C=O) groups is 1. The molecule has 6 heteroatoms. The van der Waals surface area contributed by atoms with E-state index >= 15 is 0 Å². The largest absolute Gasteiger partial charge is 0.449 e. The van der Waals surface area contributed by atoms with Gasteiger partial charge in [-0.25, -0.2) is 4.98 Å². The Morgan fingerprint density at radius 3 is 2.58 bits per heavy atom. The number of aryl methyl sites for hydroxylation is 1. The Balaban J connectivity index is 1.36. The van der Waals surface area contributed by atoms with Crippen LogP contribution in [0.15, 0.2) is 52.3 Å². The first-order valence-electron chi connectivity index (χ1n) is 8.77. The van der Waals surface area contributed by atoms with Crippen molar-refractivity contribution in [2.24, 2.45) is 0 Å². The lowest BCUT2D eigenvalue weighted by atomic mass is 10.2. The molecule has 4 rings (SSSR count). The van der Waals surface area contributed by atoms with Gasteiger partial charge in [0.05, 0.1) is 5.01 Å². The Morgan fingerprint density at radius 1 is 1.12 bits per heavy atom. The minimum atomic E-state index is -0.0393. The van der Waals surface area contributed by atoms with Gasteiger partial charge in [-0.15, -0.1) is 11.3 Å². The molecule has 0 spiro atoms. The number of aromatic nitrogens is 1. The highest BCUT2D eigenvalue weighted by molar-refractivity contribution is 7.09. The SMILES string of the molecule is Cc1nc(-c2ccc(C(=O)N3CCN(Cc4ccccc4)CC3)o2)cs1. The van der Waals surface area contributed by atoms with E-state index in [0.29, 0.717) is 11.5 Å². The summed E-state index contributed by atoms with van der Waals surface area (Å²) in [7, 11) is 0. The number of amides is 1. The van der Waals surface area contributed by atoms with Gasteiger partial charge < -0.3 is 9.32 Å². The molecule has 2 aromatic heterocycles. The molecule has 1 aliphatic rings. The summed E-state index contributed by atoms with van der Waals surface area (Å²) in [5.74, 6) is 1.00. The third-order valence-electron chi connectivity index (χ3n) is 4.60. The first-order chi connectivity index (χ1) is 12.7. The zero-order valence-electron chi connectivity index (χ0n) is 14.7. The minimum Gasteiger partial charge on any atom is -0.449 e. The van der Waals surface area contributed by atoms with Crippen molar-refractivity contribution in [3.63, 3.8) is 0 Å². The van der Waals surface area contributed by atoms with E-state index in [9.17, 15) is 4.79 Å². The van der Waals surface area contributed by atoms with Crippen LogP contribution in [-0.4, -0.2) is 46.9 Å². The predicted octanol–water partition coefficient (Wildman–Crippen LogP) is 3.67. The first-order valence-corrected chi connectivity index (χ1v) is 9.65. The van der Waals surface area contributed by atoms with Gasteiger partial charge in [0, 0.05) is 38.1 Å². The number of piperazine rings is 1. The fourth-order valence-corrected chi connectivity index (χ4v) is 3.78. The first kappa shape index (κ1) is 17.0. The Hall–Kier alpha value is -2.44. The number of furan rings is 1. The van der Waals surface area contributed by atoms with Crippen LogP contribution in [0.5, 0.6) is 0 Å². The van der Waals surface area contributed by atoms with Gasteiger partial charge in [-0.3, -0.25) is 9.69 Å². The summed E-state index contributed by atoms with van der Waals surface area (Å²) in [6.45, 7) is 6.07. The second-order valence-electron chi connectivity index (χ2n) is 6.47. The second-order valence-corrected chi connectivity index (χ2v) is 7.53. The maximum Gasteiger partial charge on any atom is 0.289 e. The van der Waals surface area contributed by atoms with Crippen LogP contribution in [0.4, 0.5) is 0 Å². The molecule has 1 amide bonds. The molecule has 0 radical (unpaired) electrons. The molecule has 1 fully saturated rings. The van der Waals surface area contributed by atoms with E-state index in [2.05, 4.69) is 34.1 Å². The summed E-state index contributed by atoms with van der Waals surface area (Å²) in [4.78, 5) is 21.4. The number of hydrogen-bond donors (Lipinski definition) is 0. The monoisotopic (exact) mass is 367 g/mol. The zero-order valence-corrected chi connectivity index (χ0v) is 15.5. The van der Waals surface area contributed by atoms with E-state index < -0.39 is 0 Å². The van der Waals surface area contributed by atoms with Crippen molar-refractivity contribution in [1.82, 2.24) is 14.8 Å². The molecule has 3 aromatic rings. The molecule has 0 saturated carbocycles. The van der Waals surface area contributed by atoms with Gasteiger partial charge in [-0.2, -0.15) is 0 Å². The molecule has 1 aliphatic heterocycles. The standard InChI is InChI=1S/C20H21N3O2S/c1-15-21-17(14-26-15)18-7-8-19(25-18)20(24)23-11-9-22(10-12-23)13-16-5-3-2-4-6-16/h2-8,14H,9-13H2,1H3. The average Bonchev–Trinajstić information content (AvgIpc) is 3.32. The van der Waals surface area contributed by atoms with Gasteiger partial charge >= 0.3 is 0 Å². The van der Waals surface area contributed by atoms with Crippen molar-refractivity contribution in [3.05, 3.63) is 64.2 Å². The molecule has 0 N–H and O–H groups in total. The van der Waals surface area contributed by atoms with Crippen molar-refractivity contribution >= 4 is 17.2 Å².